The Morgan fingerprint density at radius 1 is 1.06 bits per heavy atom. The van der Waals surface area contributed by atoms with Crippen LogP contribution < -0.4 is 9.47 Å². The smallest absolute Gasteiger partial charge is 0.158 e. The molecular formula is C15H18O3. The predicted octanol–water partition coefficient (Wildman–Crippen LogP) is 3.23. The Kier molecular flexibility index (Phi) is 4.03. The van der Waals surface area contributed by atoms with E-state index < -0.39 is 0 Å². The third-order valence-electron chi connectivity index (χ3n) is 3.24. The molecule has 0 unspecified atom stereocenters. The van der Waals surface area contributed by atoms with Gasteiger partial charge in [0.2, 0.25) is 0 Å². The summed E-state index contributed by atoms with van der Waals surface area (Å²) in [6.45, 7) is 0. The number of methoxy groups -OCH3 is 2. The van der Waals surface area contributed by atoms with Gasteiger partial charge in [-0.1, -0.05) is 6.07 Å². The molecule has 1 saturated carbocycles. The summed E-state index contributed by atoms with van der Waals surface area (Å²) in [6, 6.07) is 5.63. The quantitative estimate of drug-likeness (QED) is 0.768. The van der Waals surface area contributed by atoms with Crippen LogP contribution in [0.15, 0.2) is 23.8 Å². The SMILES string of the molecule is COc1cccc(OC)c1C=C1CCCCC1=O. The number of benzene rings is 1. The number of hydrogen-bond acceptors (Lipinski definition) is 3. The van der Waals surface area contributed by atoms with Crippen LogP contribution in [0.3, 0.4) is 0 Å². The molecule has 1 aromatic carbocycles. The molecule has 96 valence electrons. The number of rotatable bonds is 3. The number of ketones is 1. The summed E-state index contributed by atoms with van der Waals surface area (Å²) >= 11 is 0. The van der Waals surface area contributed by atoms with E-state index in [1.807, 2.05) is 24.3 Å². The highest BCUT2D eigenvalue weighted by Crippen LogP contribution is 2.32. The molecule has 0 heterocycles. The molecule has 0 N–H and O–H groups in total. The van der Waals surface area contributed by atoms with Gasteiger partial charge in [-0.15, -0.1) is 0 Å². The van der Waals surface area contributed by atoms with E-state index in [0.29, 0.717) is 6.42 Å². The lowest BCUT2D eigenvalue weighted by Gasteiger charge is -2.15. The summed E-state index contributed by atoms with van der Waals surface area (Å²) in [6.07, 6.45) is 5.50. The molecule has 0 aliphatic heterocycles. The van der Waals surface area contributed by atoms with Crippen molar-refractivity contribution in [2.45, 2.75) is 25.7 Å². The molecule has 0 bridgehead atoms. The Morgan fingerprint density at radius 3 is 2.22 bits per heavy atom. The van der Waals surface area contributed by atoms with E-state index in [4.69, 9.17) is 9.47 Å². The molecule has 1 aliphatic rings. The largest absolute Gasteiger partial charge is 0.496 e. The molecule has 2 rings (SSSR count). The van der Waals surface area contributed by atoms with Crippen molar-refractivity contribution < 1.29 is 14.3 Å². The summed E-state index contributed by atoms with van der Waals surface area (Å²) < 4.78 is 10.7. The molecule has 1 aromatic rings. The Bertz CT molecular complexity index is 452. The fourth-order valence-corrected chi connectivity index (χ4v) is 2.25. The van der Waals surface area contributed by atoms with E-state index in [1.165, 1.54) is 0 Å². The summed E-state index contributed by atoms with van der Waals surface area (Å²) in [5.74, 6) is 1.72. The summed E-state index contributed by atoms with van der Waals surface area (Å²) in [5, 5.41) is 0. The molecule has 3 heteroatoms. The van der Waals surface area contributed by atoms with Gasteiger partial charge in [0.05, 0.1) is 19.8 Å². The lowest BCUT2D eigenvalue weighted by atomic mass is 9.92. The highest BCUT2D eigenvalue weighted by atomic mass is 16.5. The lowest BCUT2D eigenvalue weighted by Crippen LogP contribution is -2.08. The van der Waals surface area contributed by atoms with Crippen LogP contribution in [0.25, 0.3) is 6.08 Å². The van der Waals surface area contributed by atoms with Crippen LogP contribution in [0.4, 0.5) is 0 Å². The van der Waals surface area contributed by atoms with Crippen molar-refractivity contribution in [1.82, 2.24) is 0 Å². The van der Waals surface area contributed by atoms with Crippen molar-refractivity contribution >= 4 is 11.9 Å². The molecule has 0 aromatic heterocycles. The highest BCUT2D eigenvalue weighted by molar-refractivity contribution is 6.00. The Balaban J connectivity index is 2.43. The summed E-state index contributed by atoms with van der Waals surface area (Å²) in [4.78, 5) is 11.8. The first-order valence-corrected chi connectivity index (χ1v) is 6.21. The number of carbonyl (C=O) groups is 1. The third kappa shape index (κ3) is 2.55. The summed E-state index contributed by atoms with van der Waals surface area (Å²) in [5.41, 5.74) is 1.73. The van der Waals surface area contributed by atoms with Gasteiger partial charge in [0.25, 0.3) is 0 Å². The van der Waals surface area contributed by atoms with Crippen LogP contribution in [0.5, 0.6) is 11.5 Å². The molecule has 3 nitrogen and oxygen atoms in total. The second-order valence-corrected chi connectivity index (χ2v) is 4.38. The Morgan fingerprint density at radius 2 is 1.67 bits per heavy atom. The normalized spacial score (nSPS) is 17.9. The topological polar surface area (TPSA) is 35.5 Å². The molecule has 1 aliphatic carbocycles. The first-order valence-electron chi connectivity index (χ1n) is 6.21. The molecular weight excluding hydrogens is 228 g/mol. The minimum absolute atomic E-state index is 0.245. The van der Waals surface area contributed by atoms with Gasteiger partial charge < -0.3 is 9.47 Å². The van der Waals surface area contributed by atoms with Gasteiger partial charge in [0.15, 0.2) is 5.78 Å². The fourth-order valence-electron chi connectivity index (χ4n) is 2.25. The van der Waals surface area contributed by atoms with E-state index in [2.05, 4.69) is 0 Å². The van der Waals surface area contributed by atoms with Crippen molar-refractivity contribution in [3.8, 4) is 11.5 Å². The molecule has 18 heavy (non-hydrogen) atoms. The van der Waals surface area contributed by atoms with Crippen LogP contribution >= 0.6 is 0 Å². The van der Waals surface area contributed by atoms with Gasteiger partial charge in [-0.25, -0.2) is 0 Å². The van der Waals surface area contributed by atoms with E-state index >= 15 is 0 Å². The van der Waals surface area contributed by atoms with E-state index in [1.54, 1.807) is 14.2 Å². The Labute approximate surface area is 107 Å². The predicted molar refractivity (Wildman–Crippen MR) is 71.0 cm³/mol. The third-order valence-corrected chi connectivity index (χ3v) is 3.24. The van der Waals surface area contributed by atoms with Crippen LogP contribution in [0.2, 0.25) is 0 Å². The Hall–Kier alpha value is -1.77. The lowest BCUT2D eigenvalue weighted by molar-refractivity contribution is -0.116. The van der Waals surface area contributed by atoms with Gasteiger partial charge in [0.1, 0.15) is 11.5 Å². The fraction of sp³-hybridized carbons (Fsp3) is 0.400. The first kappa shape index (κ1) is 12.7. The van der Waals surface area contributed by atoms with Gasteiger partial charge in [-0.3, -0.25) is 4.79 Å². The van der Waals surface area contributed by atoms with Gasteiger partial charge in [0, 0.05) is 6.42 Å². The highest BCUT2D eigenvalue weighted by Gasteiger charge is 2.17. The zero-order valence-corrected chi connectivity index (χ0v) is 10.9. The molecule has 1 fully saturated rings. The van der Waals surface area contributed by atoms with Crippen LogP contribution in [-0.2, 0) is 4.79 Å². The molecule has 0 amide bonds. The van der Waals surface area contributed by atoms with Crippen LogP contribution in [-0.4, -0.2) is 20.0 Å². The molecule has 0 radical (unpaired) electrons. The number of allylic oxidation sites excluding steroid dienone is 1. The van der Waals surface area contributed by atoms with Gasteiger partial charge in [-0.05, 0) is 43.0 Å². The second-order valence-electron chi connectivity index (χ2n) is 4.38. The standard InChI is InChI=1S/C15H18O3/c1-17-14-8-5-9-15(18-2)12(14)10-11-6-3-4-7-13(11)16/h5,8-10H,3-4,6-7H2,1-2H3. The van der Waals surface area contributed by atoms with Crippen LogP contribution in [0.1, 0.15) is 31.2 Å². The number of Topliss-reactive ketones (excluding diaryl/α,β-unsaturated/α-hetero) is 1. The van der Waals surface area contributed by atoms with E-state index in [-0.39, 0.29) is 5.78 Å². The van der Waals surface area contributed by atoms with Crippen LogP contribution in [0, 0.1) is 0 Å². The molecule has 0 saturated heterocycles. The van der Waals surface area contributed by atoms with Gasteiger partial charge >= 0.3 is 0 Å². The van der Waals surface area contributed by atoms with Crippen molar-refractivity contribution in [1.29, 1.82) is 0 Å². The second kappa shape index (κ2) is 5.71. The van der Waals surface area contributed by atoms with Crippen molar-refractivity contribution in [2.24, 2.45) is 0 Å². The average Bonchev–Trinajstić information content (AvgIpc) is 2.41. The molecule has 0 spiro atoms. The average molecular weight is 246 g/mol. The maximum absolute atomic E-state index is 11.8. The monoisotopic (exact) mass is 246 g/mol. The van der Waals surface area contributed by atoms with E-state index in [9.17, 15) is 4.79 Å². The van der Waals surface area contributed by atoms with Crippen molar-refractivity contribution in [3.63, 3.8) is 0 Å². The van der Waals surface area contributed by atoms with Crippen molar-refractivity contribution in [2.75, 3.05) is 14.2 Å². The number of carbonyl (C=O) groups excluding carboxylic acids is 1. The summed E-state index contributed by atoms with van der Waals surface area (Å²) in [7, 11) is 3.25. The zero-order chi connectivity index (χ0) is 13.0. The minimum atomic E-state index is 0.245. The maximum atomic E-state index is 11.8. The number of ether oxygens (including phenoxy) is 2. The first-order chi connectivity index (χ1) is 8.76. The minimum Gasteiger partial charge on any atom is -0.496 e. The van der Waals surface area contributed by atoms with Gasteiger partial charge in [-0.2, -0.15) is 0 Å². The van der Waals surface area contributed by atoms with Crippen molar-refractivity contribution in [3.05, 3.63) is 29.3 Å². The zero-order valence-electron chi connectivity index (χ0n) is 10.9. The number of hydrogen-bond donors (Lipinski definition) is 0. The maximum Gasteiger partial charge on any atom is 0.158 e. The molecule has 0 atom stereocenters. The van der Waals surface area contributed by atoms with E-state index in [0.717, 1.165) is 41.9 Å².